The van der Waals surface area contributed by atoms with E-state index < -0.39 is 0 Å². The maximum Gasteiger partial charge on any atom is 0.123 e. The third-order valence-electron chi connectivity index (χ3n) is 3.03. The van der Waals surface area contributed by atoms with E-state index in [0.717, 1.165) is 18.8 Å². The van der Waals surface area contributed by atoms with Gasteiger partial charge in [-0.2, -0.15) is 0 Å². The summed E-state index contributed by atoms with van der Waals surface area (Å²) in [5.74, 6) is 0.544. The number of ether oxygens (including phenoxy) is 1. The van der Waals surface area contributed by atoms with E-state index in [1.807, 2.05) is 12.1 Å². The molecule has 3 N–H and O–H groups in total. The summed E-state index contributed by atoms with van der Waals surface area (Å²) in [4.78, 5) is 6.54. The molecule has 1 aromatic heterocycles. The molecule has 0 aromatic carbocycles. The summed E-state index contributed by atoms with van der Waals surface area (Å²) in [6.45, 7) is 4.29. The van der Waals surface area contributed by atoms with Crippen molar-refractivity contribution in [2.45, 2.75) is 25.6 Å². The number of nitrogens with zero attached hydrogens (tertiary/aromatic N) is 2. The second-order valence-electron chi connectivity index (χ2n) is 4.47. The van der Waals surface area contributed by atoms with E-state index in [4.69, 9.17) is 15.6 Å². The third kappa shape index (κ3) is 3.15. The predicted molar refractivity (Wildman–Crippen MR) is 65.3 cm³/mol. The van der Waals surface area contributed by atoms with E-state index in [1.165, 1.54) is 0 Å². The lowest BCUT2D eigenvalue weighted by atomic mass is 10.2. The van der Waals surface area contributed by atoms with Gasteiger partial charge in [0, 0.05) is 19.1 Å². The zero-order valence-corrected chi connectivity index (χ0v) is 10.0. The Labute approximate surface area is 101 Å². The van der Waals surface area contributed by atoms with Crippen molar-refractivity contribution in [1.82, 2.24) is 9.88 Å². The zero-order chi connectivity index (χ0) is 12.3. The topological polar surface area (TPSA) is 71.6 Å². The monoisotopic (exact) mass is 237 g/mol. The van der Waals surface area contributed by atoms with E-state index in [1.54, 1.807) is 6.07 Å². The van der Waals surface area contributed by atoms with Crippen LogP contribution in [0.2, 0.25) is 0 Å². The van der Waals surface area contributed by atoms with Gasteiger partial charge in [0.05, 0.1) is 25.0 Å². The Bertz CT molecular complexity index is 373. The Balaban J connectivity index is 2.01. The largest absolute Gasteiger partial charge is 0.394 e. The molecule has 94 valence electrons. The maximum atomic E-state index is 9.12. The first-order valence-corrected chi connectivity index (χ1v) is 5.87. The highest BCUT2D eigenvalue weighted by molar-refractivity contribution is 5.28. The van der Waals surface area contributed by atoms with Gasteiger partial charge in [-0.05, 0) is 19.1 Å². The molecule has 2 atom stereocenters. The Morgan fingerprint density at radius 3 is 3.12 bits per heavy atom. The van der Waals surface area contributed by atoms with Gasteiger partial charge in [0.2, 0.25) is 0 Å². The van der Waals surface area contributed by atoms with Gasteiger partial charge < -0.3 is 15.6 Å². The van der Waals surface area contributed by atoms with Crippen molar-refractivity contribution in [3.05, 3.63) is 23.9 Å². The lowest BCUT2D eigenvalue weighted by molar-refractivity contribution is -0.0808. The van der Waals surface area contributed by atoms with Crippen LogP contribution >= 0.6 is 0 Å². The standard InChI is InChI=1S/C12H19N3O2/c1-9-8-17-11(7-16)6-15(9)5-10-3-2-4-12(13)14-10/h2-4,9,11,16H,5-8H2,1H3,(H2,13,14). The molecular formula is C12H19N3O2. The molecule has 0 amide bonds. The number of nitrogen functional groups attached to an aromatic ring is 1. The van der Waals surface area contributed by atoms with Crippen molar-refractivity contribution in [3.63, 3.8) is 0 Å². The second-order valence-corrected chi connectivity index (χ2v) is 4.47. The van der Waals surface area contributed by atoms with E-state index in [2.05, 4.69) is 16.8 Å². The van der Waals surface area contributed by atoms with Gasteiger partial charge in [-0.25, -0.2) is 4.98 Å². The molecular weight excluding hydrogens is 218 g/mol. The van der Waals surface area contributed by atoms with Crippen molar-refractivity contribution in [2.24, 2.45) is 0 Å². The van der Waals surface area contributed by atoms with Gasteiger partial charge in [-0.1, -0.05) is 6.07 Å². The molecule has 5 nitrogen and oxygen atoms in total. The molecule has 1 aliphatic rings. The van der Waals surface area contributed by atoms with Gasteiger partial charge in [-0.15, -0.1) is 0 Å². The fourth-order valence-corrected chi connectivity index (χ4v) is 2.00. The van der Waals surface area contributed by atoms with Gasteiger partial charge >= 0.3 is 0 Å². The van der Waals surface area contributed by atoms with Crippen molar-refractivity contribution in [2.75, 3.05) is 25.5 Å². The van der Waals surface area contributed by atoms with Crippen molar-refractivity contribution < 1.29 is 9.84 Å². The molecule has 1 saturated heterocycles. The quantitative estimate of drug-likeness (QED) is 0.788. The number of hydrogen-bond acceptors (Lipinski definition) is 5. The fourth-order valence-electron chi connectivity index (χ4n) is 2.00. The number of nitrogens with two attached hydrogens (primary N) is 1. The average Bonchev–Trinajstić information content (AvgIpc) is 2.32. The molecule has 0 radical (unpaired) electrons. The number of hydrogen-bond donors (Lipinski definition) is 2. The molecule has 1 aliphatic heterocycles. The minimum absolute atomic E-state index is 0.0631. The van der Waals surface area contributed by atoms with E-state index in [9.17, 15) is 0 Å². The normalized spacial score (nSPS) is 26.0. The smallest absolute Gasteiger partial charge is 0.123 e. The van der Waals surface area contributed by atoms with Crippen molar-refractivity contribution in [1.29, 1.82) is 0 Å². The van der Waals surface area contributed by atoms with Crippen molar-refractivity contribution >= 4 is 5.82 Å². The van der Waals surface area contributed by atoms with Crippen LogP contribution in [0.4, 0.5) is 5.82 Å². The van der Waals surface area contributed by atoms with Crippen LogP contribution in [0.1, 0.15) is 12.6 Å². The molecule has 2 heterocycles. The number of aromatic nitrogens is 1. The fraction of sp³-hybridized carbons (Fsp3) is 0.583. The predicted octanol–water partition coefficient (Wildman–Crippen LogP) is 0.245. The number of morpholine rings is 1. The van der Waals surface area contributed by atoms with Crippen LogP contribution in [0.3, 0.4) is 0 Å². The Kier molecular flexibility index (Phi) is 3.93. The molecule has 2 unspecified atom stereocenters. The van der Waals surface area contributed by atoms with Crippen LogP contribution in [0.15, 0.2) is 18.2 Å². The van der Waals surface area contributed by atoms with Crippen LogP contribution in [-0.2, 0) is 11.3 Å². The Hall–Kier alpha value is -1.17. The third-order valence-corrected chi connectivity index (χ3v) is 3.03. The summed E-state index contributed by atoms with van der Waals surface area (Å²) in [6, 6.07) is 5.99. The lowest BCUT2D eigenvalue weighted by Crippen LogP contribution is -2.48. The molecule has 1 aromatic rings. The van der Waals surface area contributed by atoms with Crippen LogP contribution in [0.5, 0.6) is 0 Å². The summed E-state index contributed by atoms with van der Waals surface area (Å²) in [5.41, 5.74) is 6.61. The van der Waals surface area contributed by atoms with Crippen LogP contribution in [0, 0.1) is 0 Å². The highest BCUT2D eigenvalue weighted by Gasteiger charge is 2.25. The molecule has 1 fully saturated rings. The van der Waals surface area contributed by atoms with Gasteiger partial charge in [-0.3, -0.25) is 4.90 Å². The minimum atomic E-state index is -0.0905. The summed E-state index contributed by atoms with van der Waals surface area (Å²) in [5, 5.41) is 9.12. The van der Waals surface area contributed by atoms with E-state index in [-0.39, 0.29) is 12.7 Å². The van der Waals surface area contributed by atoms with Gasteiger partial charge in [0.1, 0.15) is 5.82 Å². The molecule has 17 heavy (non-hydrogen) atoms. The molecule has 0 bridgehead atoms. The highest BCUT2D eigenvalue weighted by Crippen LogP contribution is 2.14. The molecule has 0 aliphatic carbocycles. The number of aliphatic hydroxyl groups excluding tert-OH is 1. The van der Waals surface area contributed by atoms with Crippen LogP contribution in [0.25, 0.3) is 0 Å². The maximum absolute atomic E-state index is 9.12. The lowest BCUT2D eigenvalue weighted by Gasteiger charge is -2.37. The summed E-state index contributed by atoms with van der Waals surface area (Å²) < 4.78 is 5.49. The minimum Gasteiger partial charge on any atom is -0.394 e. The Morgan fingerprint density at radius 2 is 2.41 bits per heavy atom. The number of pyridine rings is 1. The number of rotatable bonds is 3. The van der Waals surface area contributed by atoms with Gasteiger partial charge in [0.25, 0.3) is 0 Å². The average molecular weight is 237 g/mol. The number of anilines is 1. The molecule has 0 spiro atoms. The second kappa shape index (κ2) is 5.44. The zero-order valence-electron chi connectivity index (χ0n) is 10.0. The molecule has 2 rings (SSSR count). The highest BCUT2D eigenvalue weighted by atomic mass is 16.5. The van der Waals surface area contributed by atoms with E-state index >= 15 is 0 Å². The van der Waals surface area contributed by atoms with Gasteiger partial charge in [0.15, 0.2) is 0 Å². The molecule has 0 saturated carbocycles. The summed E-state index contributed by atoms with van der Waals surface area (Å²) in [7, 11) is 0. The summed E-state index contributed by atoms with van der Waals surface area (Å²) >= 11 is 0. The first-order valence-electron chi connectivity index (χ1n) is 5.87. The first-order chi connectivity index (χ1) is 8.19. The first kappa shape index (κ1) is 12.3. The molecule has 5 heteroatoms. The van der Waals surface area contributed by atoms with Crippen LogP contribution < -0.4 is 5.73 Å². The van der Waals surface area contributed by atoms with Crippen molar-refractivity contribution in [3.8, 4) is 0 Å². The van der Waals surface area contributed by atoms with Crippen LogP contribution in [-0.4, -0.2) is 46.9 Å². The summed E-state index contributed by atoms with van der Waals surface area (Å²) in [6.07, 6.45) is -0.0905. The Morgan fingerprint density at radius 1 is 1.59 bits per heavy atom. The number of aliphatic hydroxyl groups is 1. The SMILES string of the molecule is CC1COC(CO)CN1Cc1cccc(N)n1. The van der Waals surface area contributed by atoms with E-state index in [0.29, 0.717) is 18.5 Å².